The molecule has 0 aromatic heterocycles. The summed E-state index contributed by atoms with van der Waals surface area (Å²) in [6, 6.07) is 3.56. The number of imide groups is 2. The van der Waals surface area contributed by atoms with Crippen molar-refractivity contribution >= 4 is 35.2 Å². The Morgan fingerprint density at radius 1 is 1.05 bits per heavy atom. The molecule has 2 aliphatic heterocycles. The van der Waals surface area contributed by atoms with Gasteiger partial charge in [-0.25, -0.2) is 0 Å². The highest BCUT2D eigenvalue weighted by molar-refractivity contribution is 6.25. The summed E-state index contributed by atoms with van der Waals surface area (Å²) in [5.74, 6) is -2.76. The van der Waals surface area contributed by atoms with Gasteiger partial charge in [0.05, 0.1) is 57.3 Å². The first kappa shape index (κ1) is 28.5. The van der Waals surface area contributed by atoms with Gasteiger partial charge in [-0.1, -0.05) is 11.2 Å². The van der Waals surface area contributed by atoms with Crippen LogP contribution in [0.3, 0.4) is 0 Å². The summed E-state index contributed by atoms with van der Waals surface area (Å²) in [6.07, 6.45) is 0.0894. The zero-order valence-corrected chi connectivity index (χ0v) is 20.6. The second kappa shape index (κ2) is 14.6. The summed E-state index contributed by atoms with van der Waals surface area (Å²) in [5, 5.41) is 11.0. The molecule has 1 fully saturated rings. The third-order valence-corrected chi connectivity index (χ3v) is 5.62. The Kier molecular flexibility index (Phi) is 11.0. The molecule has 1 aromatic carbocycles. The van der Waals surface area contributed by atoms with Crippen molar-refractivity contribution < 1.29 is 38.2 Å². The van der Waals surface area contributed by atoms with Gasteiger partial charge in [0.2, 0.25) is 17.7 Å². The number of hydrogen-bond acceptors (Lipinski definition) is 10. The van der Waals surface area contributed by atoms with Gasteiger partial charge in [0.15, 0.2) is 0 Å². The van der Waals surface area contributed by atoms with Gasteiger partial charge < -0.3 is 24.8 Å². The zero-order chi connectivity index (χ0) is 27.3. The van der Waals surface area contributed by atoms with Gasteiger partial charge in [0.25, 0.3) is 11.8 Å². The van der Waals surface area contributed by atoms with E-state index in [4.69, 9.17) is 19.7 Å². The lowest BCUT2D eigenvalue weighted by Gasteiger charge is -2.27. The molecule has 3 N–H and O–H groups in total. The van der Waals surface area contributed by atoms with Gasteiger partial charge in [-0.15, -0.1) is 0 Å². The highest BCUT2D eigenvalue weighted by Crippen LogP contribution is 2.32. The van der Waals surface area contributed by atoms with Gasteiger partial charge in [-0.3, -0.25) is 34.2 Å². The number of nitrogens with zero attached hydrogens (tertiary/aromatic N) is 4. The molecule has 204 valence electrons. The largest absolute Gasteiger partial charge is 0.379 e. The maximum absolute atomic E-state index is 13.1. The molecule has 0 radical (unpaired) electrons. The predicted octanol–water partition coefficient (Wildman–Crippen LogP) is -0.0240. The average molecular weight is 532 g/mol. The second-order valence-electron chi connectivity index (χ2n) is 8.17. The van der Waals surface area contributed by atoms with Crippen LogP contribution in [0.1, 0.15) is 33.6 Å². The molecule has 1 atom stereocenters. The van der Waals surface area contributed by atoms with E-state index in [2.05, 4.69) is 26.0 Å². The number of azide groups is 1. The molecule has 0 bridgehead atoms. The van der Waals surface area contributed by atoms with Crippen molar-refractivity contribution in [3.63, 3.8) is 0 Å². The number of rotatable bonds is 16. The van der Waals surface area contributed by atoms with E-state index < -0.39 is 29.7 Å². The molecule has 1 saturated heterocycles. The van der Waals surface area contributed by atoms with Crippen molar-refractivity contribution in [2.75, 3.05) is 64.6 Å². The lowest BCUT2D eigenvalue weighted by molar-refractivity contribution is -0.136. The van der Waals surface area contributed by atoms with E-state index in [9.17, 15) is 24.0 Å². The number of benzene rings is 1. The van der Waals surface area contributed by atoms with Crippen LogP contribution in [0.25, 0.3) is 10.4 Å². The number of carbonyl (C=O) groups excluding carboxylic acids is 5. The third kappa shape index (κ3) is 7.73. The fraction of sp³-hybridized carbons (Fsp3) is 0.522. The SMILES string of the molecule is [N-]=[N+]=NCCOCCOCCOCCNC(=O)CNc1cccc2c1C(=O)N(C1CCC(=O)NC1=O)C2=O. The van der Waals surface area contributed by atoms with Crippen molar-refractivity contribution in [1.82, 2.24) is 15.5 Å². The molecule has 15 heteroatoms. The highest BCUT2D eigenvalue weighted by atomic mass is 16.5. The summed E-state index contributed by atoms with van der Waals surface area (Å²) < 4.78 is 15.9. The molecular weight excluding hydrogens is 502 g/mol. The van der Waals surface area contributed by atoms with Crippen molar-refractivity contribution in [3.8, 4) is 0 Å². The molecule has 3 rings (SSSR count). The fourth-order valence-electron chi connectivity index (χ4n) is 3.85. The Bertz CT molecular complexity index is 1110. The van der Waals surface area contributed by atoms with Crippen LogP contribution in [0.2, 0.25) is 0 Å². The summed E-state index contributed by atoms with van der Waals surface area (Å²) in [6.45, 7) is 2.44. The molecule has 15 nitrogen and oxygen atoms in total. The normalized spacial score (nSPS) is 16.6. The average Bonchev–Trinajstić information content (AvgIpc) is 3.15. The number of anilines is 1. The first-order chi connectivity index (χ1) is 18.4. The minimum absolute atomic E-state index is 0.0298. The minimum Gasteiger partial charge on any atom is -0.379 e. The number of amides is 5. The third-order valence-electron chi connectivity index (χ3n) is 5.62. The number of nitrogens with one attached hydrogen (secondary N) is 3. The first-order valence-corrected chi connectivity index (χ1v) is 12.0. The van der Waals surface area contributed by atoms with Crippen LogP contribution in [0.5, 0.6) is 0 Å². The van der Waals surface area contributed by atoms with Crippen LogP contribution >= 0.6 is 0 Å². The molecule has 2 aliphatic rings. The Hall–Kier alpha value is -4.04. The first-order valence-electron chi connectivity index (χ1n) is 12.0. The van der Waals surface area contributed by atoms with Crippen LogP contribution < -0.4 is 16.0 Å². The molecule has 0 aliphatic carbocycles. The molecule has 1 aromatic rings. The topological polar surface area (TPSA) is 201 Å². The monoisotopic (exact) mass is 531 g/mol. The quantitative estimate of drug-likeness (QED) is 0.0861. The van der Waals surface area contributed by atoms with Crippen molar-refractivity contribution in [1.29, 1.82) is 0 Å². The maximum Gasteiger partial charge on any atom is 0.264 e. The number of ether oxygens (including phenoxy) is 3. The fourth-order valence-corrected chi connectivity index (χ4v) is 3.85. The molecule has 1 unspecified atom stereocenters. The predicted molar refractivity (Wildman–Crippen MR) is 131 cm³/mol. The summed E-state index contributed by atoms with van der Waals surface area (Å²) in [5.41, 5.74) is 8.64. The lowest BCUT2D eigenvalue weighted by atomic mass is 10.0. The number of fused-ring (bicyclic) bond motifs is 1. The van der Waals surface area contributed by atoms with E-state index >= 15 is 0 Å². The van der Waals surface area contributed by atoms with Crippen LogP contribution in [0, 0.1) is 0 Å². The lowest BCUT2D eigenvalue weighted by Crippen LogP contribution is -2.54. The van der Waals surface area contributed by atoms with E-state index in [1.807, 2.05) is 0 Å². The van der Waals surface area contributed by atoms with Crippen molar-refractivity contribution in [2.45, 2.75) is 18.9 Å². The van der Waals surface area contributed by atoms with Crippen LogP contribution in [0.15, 0.2) is 23.3 Å². The minimum atomic E-state index is -1.06. The summed E-state index contributed by atoms with van der Waals surface area (Å²) >= 11 is 0. The highest BCUT2D eigenvalue weighted by Gasteiger charge is 2.45. The Morgan fingerprint density at radius 3 is 2.47 bits per heavy atom. The van der Waals surface area contributed by atoms with E-state index in [-0.39, 0.29) is 56.1 Å². The molecule has 0 saturated carbocycles. The van der Waals surface area contributed by atoms with Gasteiger partial charge in [-0.05, 0) is 24.1 Å². The Labute approximate surface area is 217 Å². The van der Waals surface area contributed by atoms with Crippen LogP contribution in [-0.2, 0) is 28.6 Å². The molecule has 38 heavy (non-hydrogen) atoms. The van der Waals surface area contributed by atoms with E-state index in [0.29, 0.717) is 38.7 Å². The molecule has 0 spiro atoms. The van der Waals surface area contributed by atoms with E-state index in [1.165, 1.54) is 6.07 Å². The van der Waals surface area contributed by atoms with Crippen LogP contribution in [-0.4, -0.2) is 99.8 Å². The summed E-state index contributed by atoms with van der Waals surface area (Å²) in [7, 11) is 0. The van der Waals surface area contributed by atoms with Crippen LogP contribution in [0.4, 0.5) is 5.69 Å². The van der Waals surface area contributed by atoms with E-state index in [1.54, 1.807) is 12.1 Å². The van der Waals surface area contributed by atoms with E-state index in [0.717, 1.165) is 4.90 Å². The molecule has 2 heterocycles. The van der Waals surface area contributed by atoms with Gasteiger partial charge in [-0.2, -0.15) is 0 Å². The molecular formula is C23H29N7O8. The molecule has 5 amide bonds. The number of piperidine rings is 1. The standard InChI is InChI=1S/C23H29N7O8/c24-29-27-7-9-37-11-13-38-12-10-36-8-6-25-19(32)14-26-16-3-1-2-15-20(16)23(35)30(22(15)34)17-4-5-18(31)28-21(17)33/h1-3,17,26H,4-14H2,(H,25,32)(H,28,31,33). The van der Waals surface area contributed by atoms with Gasteiger partial charge >= 0.3 is 0 Å². The van der Waals surface area contributed by atoms with Crippen molar-refractivity contribution in [3.05, 3.63) is 39.8 Å². The van der Waals surface area contributed by atoms with Crippen molar-refractivity contribution in [2.24, 2.45) is 5.11 Å². The number of carbonyl (C=O) groups is 5. The smallest absolute Gasteiger partial charge is 0.264 e. The van der Waals surface area contributed by atoms with Gasteiger partial charge in [0.1, 0.15) is 6.04 Å². The summed E-state index contributed by atoms with van der Waals surface area (Å²) in [4.78, 5) is 65.3. The number of hydrogen-bond donors (Lipinski definition) is 3. The maximum atomic E-state index is 13.1. The Balaban J connectivity index is 1.35. The zero-order valence-electron chi connectivity index (χ0n) is 20.6. The Morgan fingerprint density at radius 2 is 1.76 bits per heavy atom. The second-order valence-corrected chi connectivity index (χ2v) is 8.17. The van der Waals surface area contributed by atoms with Gasteiger partial charge in [0, 0.05) is 30.1 Å².